The molecule has 1 fully saturated rings. The van der Waals surface area contributed by atoms with Gasteiger partial charge in [0.25, 0.3) is 0 Å². The van der Waals surface area contributed by atoms with Crippen LogP contribution in [-0.4, -0.2) is 66.2 Å². The molecule has 0 saturated carbocycles. The normalized spacial score (nSPS) is 17.8. The first-order valence-corrected chi connectivity index (χ1v) is 12.8. The predicted octanol–water partition coefficient (Wildman–Crippen LogP) is 4.48. The Morgan fingerprint density at radius 1 is 1.11 bits per heavy atom. The highest BCUT2D eigenvalue weighted by Gasteiger charge is 2.23. The Kier molecular flexibility index (Phi) is 6.15. The maximum absolute atomic E-state index is 9.32. The van der Waals surface area contributed by atoms with Crippen LogP contribution in [0.4, 0.5) is 5.82 Å². The van der Waals surface area contributed by atoms with Crippen LogP contribution in [0.1, 0.15) is 18.4 Å². The standard InChI is InChI=1S/C29H30N6O2/c1-33-9-3-4-21(17-33)18-37-26-13-24(22-7-5-20(14-30)6-8-22)28(35-19-31-16-25(26)35)23-12-27-29(32-15-23)34(2)10-11-36-27/h5-8,12-13,15-16,19,21H,3-4,9-11,17-18H2,1-2H3. The fourth-order valence-corrected chi connectivity index (χ4v) is 5.39. The minimum Gasteiger partial charge on any atom is -0.491 e. The van der Waals surface area contributed by atoms with E-state index in [0.717, 1.165) is 64.9 Å². The van der Waals surface area contributed by atoms with E-state index >= 15 is 0 Å². The number of hydrogen-bond acceptors (Lipinski definition) is 7. The molecule has 5 heterocycles. The molecule has 8 heteroatoms. The first kappa shape index (κ1) is 23.3. The van der Waals surface area contributed by atoms with Crippen molar-refractivity contribution in [3.8, 4) is 40.0 Å². The van der Waals surface area contributed by atoms with Crippen molar-refractivity contribution in [1.82, 2.24) is 19.3 Å². The Morgan fingerprint density at radius 3 is 2.78 bits per heavy atom. The Morgan fingerprint density at radius 2 is 1.97 bits per heavy atom. The molecule has 0 amide bonds. The summed E-state index contributed by atoms with van der Waals surface area (Å²) < 4.78 is 14.5. The van der Waals surface area contributed by atoms with Crippen LogP contribution in [0.25, 0.3) is 27.9 Å². The van der Waals surface area contributed by atoms with Crippen LogP contribution in [0.2, 0.25) is 0 Å². The molecule has 4 aromatic rings. The van der Waals surface area contributed by atoms with Crippen molar-refractivity contribution >= 4 is 11.3 Å². The van der Waals surface area contributed by atoms with Crippen molar-refractivity contribution in [1.29, 1.82) is 5.26 Å². The number of likely N-dealkylation sites (N-methyl/N-ethyl adjacent to an activating group) is 1. The molecule has 8 nitrogen and oxygen atoms in total. The summed E-state index contributed by atoms with van der Waals surface area (Å²) in [6, 6.07) is 14.0. The lowest BCUT2D eigenvalue weighted by atomic mass is 9.98. The summed E-state index contributed by atoms with van der Waals surface area (Å²) in [6.07, 6.45) is 7.95. The van der Waals surface area contributed by atoms with Crippen LogP contribution >= 0.6 is 0 Å². The van der Waals surface area contributed by atoms with Gasteiger partial charge in [-0.25, -0.2) is 9.97 Å². The smallest absolute Gasteiger partial charge is 0.171 e. The molecule has 0 N–H and O–H groups in total. The molecule has 0 bridgehead atoms. The molecular formula is C29H30N6O2. The zero-order valence-electron chi connectivity index (χ0n) is 21.2. The predicted molar refractivity (Wildman–Crippen MR) is 143 cm³/mol. The zero-order chi connectivity index (χ0) is 25.4. The molecule has 2 aliphatic rings. The van der Waals surface area contributed by atoms with E-state index in [1.165, 1.54) is 12.8 Å². The summed E-state index contributed by atoms with van der Waals surface area (Å²) in [4.78, 5) is 13.7. The number of likely N-dealkylation sites (tertiary alicyclic amines) is 1. The number of imidazole rings is 1. The molecule has 1 unspecified atom stereocenters. The van der Waals surface area contributed by atoms with Gasteiger partial charge in [0, 0.05) is 36.8 Å². The van der Waals surface area contributed by atoms with Crippen molar-refractivity contribution in [2.24, 2.45) is 5.92 Å². The SMILES string of the molecule is CN1CCCC(COc2cc(-c3ccc(C#N)cc3)c(-c3cnc4c(c3)OCCN4C)n3cncc23)C1. The number of ether oxygens (including phenoxy) is 2. The molecule has 0 radical (unpaired) electrons. The number of nitriles is 1. The van der Waals surface area contributed by atoms with E-state index in [1.807, 2.05) is 50.0 Å². The number of fused-ring (bicyclic) bond motifs is 2. The highest BCUT2D eigenvalue weighted by molar-refractivity contribution is 5.87. The van der Waals surface area contributed by atoms with E-state index < -0.39 is 0 Å². The fraction of sp³-hybridized carbons (Fsp3) is 0.345. The molecule has 188 valence electrons. The van der Waals surface area contributed by atoms with Crippen molar-refractivity contribution in [2.45, 2.75) is 12.8 Å². The lowest BCUT2D eigenvalue weighted by molar-refractivity contribution is 0.151. The van der Waals surface area contributed by atoms with Gasteiger partial charge < -0.3 is 19.3 Å². The maximum Gasteiger partial charge on any atom is 0.171 e. The van der Waals surface area contributed by atoms with Gasteiger partial charge in [0.05, 0.1) is 43.0 Å². The molecule has 37 heavy (non-hydrogen) atoms. The van der Waals surface area contributed by atoms with E-state index in [2.05, 4.69) is 44.4 Å². The minimum absolute atomic E-state index is 0.499. The van der Waals surface area contributed by atoms with Gasteiger partial charge in [-0.2, -0.15) is 5.26 Å². The minimum atomic E-state index is 0.499. The fourth-order valence-electron chi connectivity index (χ4n) is 5.39. The number of nitrogens with zero attached hydrogens (tertiary/aromatic N) is 6. The molecule has 3 aromatic heterocycles. The first-order chi connectivity index (χ1) is 18.1. The number of anilines is 1. The molecule has 1 aromatic carbocycles. The second kappa shape index (κ2) is 9.75. The Labute approximate surface area is 216 Å². The number of pyridine rings is 2. The lowest BCUT2D eigenvalue weighted by Gasteiger charge is -2.29. The summed E-state index contributed by atoms with van der Waals surface area (Å²) >= 11 is 0. The van der Waals surface area contributed by atoms with E-state index in [1.54, 1.807) is 0 Å². The molecule has 1 atom stereocenters. The molecule has 6 rings (SSSR count). The van der Waals surface area contributed by atoms with Crippen molar-refractivity contribution in [2.75, 3.05) is 51.8 Å². The van der Waals surface area contributed by atoms with Gasteiger partial charge in [0.2, 0.25) is 0 Å². The first-order valence-electron chi connectivity index (χ1n) is 12.8. The van der Waals surface area contributed by atoms with Crippen LogP contribution in [0, 0.1) is 17.2 Å². The van der Waals surface area contributed by atoms with Gasteiger partial charge in [0.15, 0.2) is 11.6 Å². The number of aromatic nitrogens is 3. The second-order valence-electron chi connectivity index (χ2n) is 10.0. The third-order valence-electron chi connectivity index (χ3n) is 7.34. The zero-order valence-corrected chi connectivity index (χ0v) is 21.2. The number of hydrogen-bond donors (Lipinski definition) is 0. The maximum atomic E-state index is 9.32. The van der Waals surface area contributed by atoms with Crippen LogP contribution < -0.4 is 14.4 Å². The molecule has 0 aliphatic carbocycles. The third-order valence-corrected chi connectivity index (χ3v) is 7.34. The number of benzene rings is 1. The number of piperidine rings is 1. The topological polar surface area (TPSA) is 78.9 Å². The van der Waals surface area contributed by atoms with Crippen LogP contribution in [0.15, 0.2) is 55.1 Å². The summed E-state index contributed by atoms with van der Waals surface area (Å²) in [7, 11) is 4.20. The lowest BCUT2D eigenvalue weighted by Crippen LogP contribution is -2.34. The van der Waals surface area contributed by atoms with E-state index in [0.29, 0.717) is 24.7 Å². The van der Waals surface area contributed by atoms with Gasteiger partial charge in [0.1, 0.15) is 17.9 Å². The van der Waals surface area contributed by atoms with Crippen LogP contribution in [0.3, 0.4) is 0 Å². The second-order valence-corrected chi connectivity index (χ2v) is 10.0. The van der Waals surface area contributed by atoms with Gasteiger partial charge in [-0.3, -0.25) is 4.40 Å². The van der Waals surface area contributed by atoms with Crippen LogP contribution in [0.5, 0.6) is 11.5 Å². The third kappa shape index (κ3) is 4.47. The van der Waals surface area contributed by atoms with E-state index in [4.69, 9.17) is 14.5 Å². The number of rotatable bonds is 5. The van der Waals surface area contributed by atoms with Crippen LogP contribution in [-0.2, 0) is 0 Å². The molecule has 1 saturated heterocycles. The average Bonchev–Trinajstić information content (AvgIpc) is 3.41. The Balaban J connectivity index is 1.47. The van der Waals surface area contributed by atoms with E-state index in [-0.39, 0.29) is 0 Å². The summed E-state index contributed by atoms with van der Waals surface area (Å²) in [5.74, 6) is 2.91. The van der Waals surface area contributed by atoms with Crippen molar-refractivity contribution in [3.05, 3.63) is 60.7 Å². The average molecular weight is 495 g/mol. The highest BCUT2D eigenvalue weighted by atomic mass is 16.5. The Bertz CT molecular complexity index is 1470. The quantitative estimate of drug-likeness (QED) is 0.405. The molecule has 2 aliphatic heterocycles. The van der Waals surface area contributed by atoms with Gasteiger partial charge in [-0.15, -0.1) is 0 Å². The summed E-state index contributed by atoms with van der Waals surface area (Å²) in [5, 5.41) is 9.32. The largest absolute Gasteiger partial charge is 0.491 e. The summed E-state index contributed by atoms with van der Waals surface area (Å²) in [6.45, 7) is 4.30. The summed E-state index contributed by atoms with van der Waals surface area (Å²) in [5.41, 5.74) is 5.39. The van der Waals surface area contributed by atoms with Gasteiger partial charge in [-0.05, 0) is 56.3 Å². The molecule has 0 spiro atoms. The van der Waals surface area contributed by atoms with Gasteiger partial charge >= 0.3 is 0 Å². The Hall–Kier alpha value is -4.09. The molecular weight excluding hydrogens is 464 g/mol. The van der Waals surface area contributed by atoms with Gasteiger partial charge in [-0.1, -0.05) is 12.1 Å². The monoisotopic (exact) mass is 494 g/mol. The highest BCUT2D eigenvalue weighted by Crippen LogP contribution is 2.40. The van der Waals surface area contributed by atoms with Crippen molar-refractivity contribution in [3.63, 3.8) is 0 Å². The van der Waals surface area contributed by atoms with E-state index in [9.17, 15) is 5.26 Å². The van der Waals surface area contributed by atoms with Crippen molar-refractivity contribution < 1.29 is 9.47 Å².